The molecule has 4 bridgehead atoms. The van der Waals surface area contributed by atoms with Gasteiger partial charge in [0.05, 0.1) is 25.1 Å². The number of amides is 1. The van der Waals surface area contributed by atoms with Crippen molar-refractivity contribution >= 4 is 35.0 Å². The zero-order valence-electron chi connectivity index (χ0n) is 16.2. The molecule has 1 aromatic carbocycles. The lowest BCUT2D eigenvalue weighted by molar-refractivity contribution is -0.115. The van der Waals surface area contributed by atoms with Crippen molar-refractivity contribution in [2.24, 2.45) is 15.7 Å². The number of hydrogen-bond acceptors (Lipinski definition) is 5. The number of ether oxygens (including phenoxy) is 1. The van der Waals surface area contributed by atoms with Crippen molar-refractivity contribution in [3.8, 4) is 0 Å². The van der Waals surface area contributed by atoms with Gasteiger partial charge in [-0.25, -0.2) is 4.99 Å². The lowest BCUT2D eigenvalue weighted by Gasteiger charge is -2.13. The van der Waals surface area contributed by atoms with Crippen molar-refractivity contribution < 1.29 is 9.53 Å². The highest BCUT2D eigenvalue weighted by atomic mass is 16.5. The summed E-state index contributed by atoms with van der Waals surface area (Å²) in [6.45, 7) is 0.925. The number of nitrogens with one attached hydrogen (secondary N) is 1. The Morgan fingerprint density at radius 2 is 2.10 bits per heavy atom. The molecule has 3 heterocycles. The minimum Gasteiger partial charge on any atom is -0.453 e. The van der Waals surface area contributed by atoms with Gasteiger partial charge in [0.25, 0.3) is 5.91 Å². The Hall–Kier alpha value is -4.13. The highest BCUT2D eigenvalue weighted by Gasteiger charge is 2.21. The van der Waals surface area contributed by atoms with E-state index in [9.17, 15) is 4.79 Å². The van der Waals surface area contributed by atoms with E-state index in [-0.39, 0.29) is 0 Å². The first-order valence-electron chi connectivity index (χ1n) is 9.46. The summed E-state index contributed by atoms with van der Waals surface area (Å²) >= 11 is 0. The van der Waals surface area contributed by atoms with Gasteiger partial charge in [0.2, 0.25) is 0 Å². The molecule has 1 amide bonds. The Bertz CT molecular complexity index is 1160. The number of aromatic nitrogens is 1. The summed E-state index contributed by atoms with van der Waals surface area (Å²) < 4.78 is 5.18. The Morgan fingerprint density at radius 3 is 3.00 bits per heavy atom. The normalized spacial score (nSPS) is 16.6. The molecule has 2 aliphatic rings. The second-order valence-corrected chi connectivity index (χ2v) is 6.69. The molecule has 0 spiro atoms. The maximum Gasteiger partial charge on any atom is 0.265 e. The Morgan fingerprint density at radius 1 is 1.20 bits per heavy atom. The molecule has 0 unspecified atom stereocenters. The van der Waals surface area contributed by atoms with Crippen LogP contribution in [0.5, 0.6) is 0 Å². The quantitative estimate of drug-likeness (QED) is 0.769. The van der Waals surface area contributed by atoms with Crippen LogP contribution in [-0.2, 0) is 16.1 Å². The molecule has 30 heavy (non-hydrogen) atoms. The molecule has 4 rings (SSSR count). The molecule has 0 radical (unpaired) electrons. The number of aromatic amines is 1. The second-order valence-electron chi connectivity index (χ2n) is 6.69. The summed E-state index contributed by atoms with van der Waals surface area (Å²) in [7, 11) is 0. The van der Waals surface area contributed by atoms with E-state index in [4.69, 9.17) is 10.5 Å². The standard InChI is InChI=1S/C23H21N5O2/c24-23(29)22-13-19-15-28(22)10-9-25-16-30-11-4-2-1-3-6-17-7-5-8-21-20(17)12-18(27-21)14-26-19/h1-13,16,27H,14-15H2,(H2,24,29). The fraction of sp³-hybridized carbons (Fsp3) is 0.0870. The van der Waals surface area contributed by atoms with Crippen LogP contribution in [0.25, 0.3) is 17.0 Å². The zero-order chi connectivity index (χ0) is 20.8. The van der Waals surface area contributed by atoms with Crippen molar-refractivity contribution in [2.75, 3.05) is 6.54 Å². The molecule has 0 aliphatic carbocycles. The highest BCUT2D eigenvalue weighted by molar-refractivity contribution is 6.07. The topological polar surface area (TPSA) is 96.1 Å². The minimum atomic E-state index is -0.514. The zero-order valence-corrected chi connectivity index (χ0v) is 16.2. The maximum absolute atomic E-state index is 11.8. The van der Waals surface area contributed by atoms with Crippen LogP contribution in [0.3, 0.4) is 0 Å². The Balaban J connectivity index is 1.69. The summed E-state index contributed by atoms with van der Waals surface area (Å²) in [5, 5.41) is 1.13. The van der Waals surface area contributed by atoms with Crippen molar-refractivity contribution in [1.29, 1.82) is 0 Å². The summed E-state index contributed by atoms with van der Waals surface area (Å²) in [4.78, 5) is 25.6. The Labute approximate surface area is 174 Å². The van der Waals surface area contributed by atoms with E-state index in [0.29, 0.717) is 18.8 Å². The summed E-state index contributed by atoms with van der Waals surface area (Å²) in [6, 6.07) is 8.24. The van der Waals surface area contributed by atoms with Crippen LogP contribution in [0.1, 0.15) is 11.3 Å². The molecule has 150 valence electrons. The van der Waals surface area contributed by atoms with Crippen LogP contribution in [0.4, 0.5) is 0 Å². The minimum absolute atomic E-state index is 0.376. The summed E-state index contributed by atoms with van der Waals surface area (Å²) in [5.41, 5.74) is 9.81. The molecule has 0 saturated carbocycles. The first kappa shape index (κ1) is 19.2. The fourth-order valence-electron chi connectivity index (χ4n) is 3.24. The number of aliphatic imine (C=N–C) groups is 2. The van der Waals surface area contributed by atoms with E-state index >= 15 is 0 Å². The Kier molecular flexibility index (Phi) is 5.70. The van der Waals surface area contributed by atoms with E-state index in [1.165, 1.54) is 18.9 Å². The SMILES string of the molecule is NC(=O)C1=CC2=NCc3cc4c(cccc4[nH]3)C=CC=CC=COC=NC=CN1C2. The number of hydrogen-bond donors (Lipinski definition) is 2. The molecule has 0 saturated heterocycles. The van der Waals surface area contributed by atoms with Gasteiger partial charge >= 0.3 is 0 Å². The van der Waals surface area contributed by atoms with Crippen LogP contribution >= 0.6 is 0 Å². The van der Waals surface area contributed by atoms with E-state index in [0.717, 1.165) is 27.9 Å². The van der Waals surface area contributed by atoms with Crippen molar-refractivity contribution in [3.63, 3.8) is 0 Å². The van der Waals surface area contributed by atoms with Gasteiger partial charge in [0.1, 0.15) is 5.70 Å². The molecule has 3 N–H and O–H groups in total. The third-order valence-electron chi connectivity index (χ3n) is 4.62. The van der Waals surface area contributed by atoms with Crippen LogP contribution in [0.15, 0.2) is 89.0 Å². The van der Waals surface area contributed by atoms with E-state index in [1.54, 1.807) is 23.3 Å². The number of allylic oxidation sites excluding steroid dienone is 4. The van der Waals surface area contributed by atoms with Crippen molar-refractivity contribution in [2.45, 2.75) is 6.54 Å². The number of nitrogens with two attached hydrogens (primary N) is 1. The number of carbonyl (C=O) groups is 1. The highest BCUT2D eigenvalue weighted by Crippen LogP contribution is 2.22. The van der Waals surface area contributed by atoms with Gasteiger partial charge in [0, 0.05) is 29.0 Å². The van der Waals surface area contributed by atoms with E-state index < -0.39 is 5.91 Å². The van der Waals surface area contributed by atoms with E-state index in [1.807, 2.05) is 30.4 Å². The first-order valence-corrected chi connectivity index (χ1v) is 9.46. The molecule has 0 fully saturated rings. The van der Waals surface area contributed by atoms with Crippen molar-refractivity contribution in [1.82, 2.24) is 9.88 Å². The second kappa shape index (κ2) is 8.91. The van der Waals surface area contributed by atoms with Gasteiger partial charge < -0.3 is 20.4 Å². The molecule has 1 aromatic heterocycles. The van der Waals surface area contributed by atoms with Crippen LogP contribution in [-0.4, -0.2) is 34.4 Å². The third-order valence-corrected chi connectivity index (χ3v) is 4.62. The average Bonchev–Trinajstić information content (AvgIpc) is 3.34. The molecule has 2 aliphatic heterocycles. The maximum atomic E-state index is 11.8. The molecule has 7 heteroatoms. The molecule has 7 nitrogen and oxygen atoms in total. The predicted octanol–water partition coefficient (Wildman–Crippen LogP) is 3.41. The average molecular weight is 399 g/mol. The molecule has 2 aromatic rings. The largest absolute Gasteiger partial charge is 0.453 e. The lowest BCUT2D eigenvalue weighted by Crippen LogP contribution is -2.25. The number of fused-ring (bicyclic) bond motifs is 3. The molecular formula is C23H21N5O2. The summed E-state index contributed by atoms with van der Waals surface area (Å²) in [6.07, 6.45) is 17.3. The fourth-order valence-corrected chi connectivity index (χ4v) is 3.24. The van der Waals surface area contributed by atoms with Gasteiger partial charge in [-0.15, -0.1) is 0 Å². The van der Waals surface area contributed by atoms with Gasteiger partial charge in [-0.2, -0.15) is 0 Å². The smallest absolute Gasteiger partial charge is 0.265 e. The first-order chi connectivity index (χ1) is 14.7. The van der Waals surface area contributed by atoms with Crippen LogP contribution in [0.2, 0.25) is 0 Å². The van der Waals surface area contributed by atoms with E-state index in [2.05, 4.69) is 33.2 Å². The number of H-pyrrole nitrogens is 1. The van der Waals surface area contributed by atoms with Gasteiger partial charge in [-0.3, -0.25) is 9.79 Å². The lowest BCUT2D eigenvalue weighted by atomic mass is 10.1. The van der Waals surface area contributed by atoms with Crippen LogP contribution < -0.4 is 5.73 Å². The predicted molar refractivity (Wildman–Crippen MR) is 119 cm³/mol. The monoisotopic (exact) mass is 399 g/mol. The third kappa shape index (κ3) is 4.47. The van der Waals surface area contributed by atoms with Gasteiger partial charge in [-0.1, -0.05) is 36.4 Å². The summed E-state index contributed by atoms with van der Waals surface area (Å²) in [5.74, 6) is -0.514. The number of primary amides is 1. The number of rotatable bonds is 1. The van der Waals surface area contributed by atoms with Crippen molar-refractivity contribution in [3.05, 3.63) is 90.3 Å². The van der Waals surface area contributed by atoms with Gasteiger partial charge in [0.15, 0.2) is 6.40 Å². The number of benzene rings is 1. The number of nitrogens with zero attached hydrogens (tertiary/aromatic N) is 3. The number of carbonyl (C=O) groups excluding carboxylic acids is 1. The molecule has 0 atom stereocenters. The van der Waals surface area contributed by atoms with Crippen LogP contribution in [0, 0.1) is 0 Å². The molecular weight excluding hydrogens is 378 g/mol. The van der Waals surface area contributed by atoms with Gasteiger partial charge in [-0.05, 0) is 29.8 Å².